The molecule has 0 fully saturated rings. The van der Waals surface area contributed by atoms with E-state index in [9.17, 15) is 0 Å². The summed E-state index contributed by atoms with van der Waals surface area (Å²) in [6.45, 7) is 0. The van der Waals surface area contributed by atoms with Crippen LogP contribution in [0.5, 0.6) is 0 Å². The number of furan rings is 1. The van der Waals surface area contributed by atoms with E-state index in [4.69, 9.17) is 4.42 Å². The smallest absolute Gasteiger partial charge is 0.159 e. The molecule has 0 saturated carbocycles. The van der Waals surface area contributed by atoms with Gasteiger partial charge in [-0.1, -0.05) is 146 Å². The SMILES string of the molecule is c1ccc(-c2cccc3c2oc2c(N(c4ccc(-c5cc6ccccc6c6ccccc56)cc4)c4ccc5c(c4)sc4ccccc45)cccc23)cc1. The second kappa shape index (κ2) is 11.9. The van der Waals surface area contributed by atoms with Crippen LogP contribution in [-0.2, 0) is 0 Å². The molecule has 0 aliphatic heterocycles. The Kier molecular flexibility index (Phi) is 6.76. The number of para-hydroxylation sites is 2. The van der Waals surface area contributed by atoms with Crippen molar-refractivity contribution in [1.82, 2.24) is 0 Å². The fourth-order valence-electron chi connectivity index (χ4n) is 8.19. The highest BCUT2D eigenvalue weighted by atomic mass is 32.1. The minimum atomic E-state index is 0.868. The van der Waals surface area contributed by atoms with E-state index in [-0.39, 0.29) is 0 Å². The third-order valence-electron chi connectivity index (χ3n) is 10.7. The first-order valence-electron chi connectivity index (χ1n) is 18.0. The lowest BCUT2D eigenvalue weighted by molar-refractivity contribution is 0.670. The third kappa shape index (κ3) is 4.78. The summed E-state index contributed by atoms with van der Waals surface area (Å²) in [5, 5.41) is 9.84. The molecule has 0 N–H and O–H groups in total. The minimum Gasteiger partial charge on any atom is -0.453 e. The molecule has 0 radical (unpaired) electrons. The molecule has 11 rings (SSSR count). The predicted molar refractivity (Wildman–Crippen MR) is 227 cm³/mol. The van der Waals surface area contributed by atoms with Crippen molar-refractivity contribution in [2.24, 2.45) is 0 Å². The quantitative estimate of drug-likeness (QED) is 0.167. The number of nitrogens with zero attached hydrogens (tertiary/aromatic N) is 1. The molecule has 248 valence electrons. The van der Waals surface area contributed by atoms with E-state index in [0.29, 0.717) is 0 Å². The molecular formula is C50H31NOS. The molecular weight excluding hydrogens is 663 g/mol. The van der Waals surface area contributed by atoms with Gasteiger partial charge in [-0.25, -0.2) is 0 Å². The summed E-state index contributed by atoms with van der Waals surface area (Å²) >= 11 is 1.84. The number of benzene rings is 9. The topological polar surface area (TPSA) is 16.4 Å². The second-order valence-electron chi connectivity index (χ2n) is 13.7. The molecule has 3 heteroatoms. The van der Waals surface area contributed by atoms with E-state index in [2.05, 4.69) is 193 Å². The Morgan fingerprint density at radius 1 is 0.358 bits per heavy atom. The summed E-state index contributed by atoms with van der Waals surface area (Å²) in [5.74, 6) is 0. The van der Waals surface area contributed by atoms with E-state index in [1.54, 1.807) is 0 Å². The molecule has 0 aliphatic rings. The van der Waals surface area contributed by atoms with Crippen LogP contribution in [0.3, 0.4) is 0 Å². The first kappa shape index (κ1) is 30.0. The molecule has 0 spiro atoms. The van der Waals surface area contributed by atoms with Gasteiger partial charge in [0, 0.05) is 47.9 Å². The number of anilines is 3. The van der Waals surface area contributed by atoms with E-state index in [0.717, 1.165) is 50.1 Å². The lowest BCUT2D eigenvalue weighted by Gasteiger charge is -2.26. The summed E-state index contributed by atoms with van der Waals surface area (Å²) in [4.78, 5) is 2.36. The molecule has 2 aromatic heterocycles. The van der Waals surface area contributed by atoms with Crippen molar-refractivity contribution in [3.8, 4) is 22.3 Å². The maximum absolute atomic E-state index is 6.97. The van der Waals surface area contributed by atoms with Gasteiger partial charge in [-0.3, -0.25) is 0 Å². The first-order chi connectivity index (χ1) is 26.3. The second-order valence-corrected chi connectivity index (χ2v) is 14.7. The van der Waals surface area contributed by atoms with Crippen LogP contribution in [-0.4, -0.2) is 0 Å². The molecule has 0 amide bonds. The van der Waals surface area contributed by atoms with Crippen molar-refractivity contribution < 1.29 is 4.42 Å². The highest BCUT2D eigenvalue weighted by Crippen LogP contribution is 2.46. The molecule has 0 unspecified atom stereocenters. The average Bonchev–Trinajstić information content (AvgIpc) is 3.80. The summed E-state index contributed by atoms with van der Waals surface area (Å²) in [6, 6.07) is 67.8. The van der Waals surface area contributed by atoms with Crippen molar-refractivity contribution in [2.75, 3.05) is 4.90 Å². The largest absolute Gasteiger partial charge is 0.453 e. The van der Waals surface area contributed by atoms with E-state index >= 15 is 0 Å². The van der Waals surface area contributed by atoms with Crippen molar-refractivity contribution >= 4 is 92.1 Å². The normalized spacial score (nSPS) is 11.8. The van der Waals surface area contributed by atoms with Crippen LogP contribution in [0.4, 0.5) is 17.1 Å². The summed E-state index contributed by atoms with van der Waals surface area (Å²) in [7, 11) is 0. The van der Waals surface area contributed by atoms with Gasteiger partial charge in [0.05, 0.1) is 5.69 Å². The summed E-state index contributed by atoms with van der Waals surface area (Å²) in [6.07, 6.45) is 0. The lowest BCUT2D eigenvalue weighted by Crippen LogP contribution is -2.10. The summed E-state index contributed by atoms with van der Waals surface area (Å²) < 4.78 is 9.53. The van der Waals surface area contributed by atoms with Crippen LogP contribution in [0.15, 0.2) is 192 Å². The van der Waals surface area contributed by atoms with Crippen molar-refractivity contribution in [2.45, 2.75) is 0 Å². The van der Waals surface area contributed by atoms with Gasteiger partial charge in [-0.05, 0) is 80.7 Å². The molecule has 0 bridgehead atoms. The minimum absolute atomic E-state index is 0.868. The van der Waals surface area contributed by atoms with Gasteiger partial charge >= 0.3 is 0 Å². The fraction of sp³-hybridized carbons (Fsp3) is 0. The van der Waals surface area contributed by atoms with Crippen LogP contribution < -0.4 is 4.90 Å². The van der Waals surface area contributed by atoms with E-state index in [1.807, 2.05) is 11.3 Å². The average molecular weight is 694 g/mol. The Bertz CT molecular complexity index is 3170. The molecule has 2 nitrogen and oxygen atoms in total. The molecule has 2 heterocycles. The van der Waals surface area contributed by atoms with E-state index in [1.165, 1.54) is 52.8 Å². The molecule has 0 saturated heterocycles. The van der Waals surface area contributed by atoms with Crippen LogP contribution in [0, 0.1) is 0 Å². The zero-order valence-electron chi connectivity index (χ0n) is 28.7. The van der Waals surface area contributed by atoms with Crippen LogP contribution >= 0.6 is 11.3 Å². The Hall–Kier alpha value is -6.68. The number of hydrogen-bond donors (Lipinski definition) is 0. The zero-order chi connectivity index (χ0) is 34.9. The third-order valence-corrected chi connectivity index (χ3v) is 11.8. The van der Waals surface area contributed by atoms with Crippen molar-refractivity contribution in [1.29, 1.82) is 0 Å². The van der Waals surface area contributed by atoms with Gasteiger partial charge in [0.2, 0.25) is 0 Å². The van der Waals surface area contributed by atoms with Crippen LogP contribution in [0.25, 0.3) is 85.9 Å². The molecule has 53 heavy (non-hydrogen) atoms. The van der Waals surface area contributed by atoms with Gasteiger partial charge in [-0.15, -0.1) is 11.3 Å². The van der Waals surface area contributed by atoms with Crippen molar-refractivity contribution in [3.63, 3.8) is 0 Å². The standard InChI is InChI=1S/C50H31NOS/c1-2-12-32(13-3-1)38-19-10-20-43-44-21-11-22-46(50(44)52-49(38)43)51(36-28-29-42-41-18-8-9-23-47(41)53-48(42)31-36)35-26-24-33(25-27-35)45-30-34-14-4-5-15-37(34)39-16-6-7-17-40(39)45/h1-31H. The molecule has 0 atom stereocenters. The van der Waals surface area contributed by atoms with Gasteiger partial charge < -0.3 is 9.32 Å². The monoisotopic (exact) mass is 693 g/mol. The van der Waals surface area contributed by atoms with Gasteiger partial charge in [-0.2, -0.15) is 0 Å². The van der Waals surface area contributed by atoms with Gasteiger partial charge in [0.1, 0.15) is 5.58 Å². The lowest BCUT2D eigenvalue weighted by atomic mass is 9.93. The molecule has 11 aromatic rings. The number of hydrogen-bond acceptors (Lipinski definition) is 3. The fourth-order valence-corrected chi connectivity index (χ4v) is 9.33. The van der Waals surface area contributed by atoms with Crippen LogP contribution in [0.2, 0.25) is 0 Å². The number of fused-ring (bicyclic) bond motifs is 9. The van der Waals surface area contributed by atoms with Gasteiger partial charge in [0.25, 0.3) is 0 Å². The predicted octanol–water partition coefficient (Wildman–Crippen LogP) is 15.1. The Labute approximate surface area is 310 Å². The Morgan fingerprint density at radius 3 is 1.83 bits per heavy atom. The Morgan fingerprint density at radius 2 is 0.981 bits per heavy atom. The highest BCUT2D eigenvalue weighted by molar-refractivity contribution is 7.25. The molecule has 9 aromatic carbocycles. The maximum Gasteiger partial charge on any atom is 0.159 e. The van der Waals surface area contributed by atoms with Crippen LogP contribution in [0.1, 0.15) is 0 Å². The zero-order valence-corrected chi connectivity index (χ0v) is 29.5. The Balaban J connectivity index is 1.12. The van der Waals surface area contributed by atoms with E-state index < -0.39 is 0 Å². The first-order valence-corrected chi connectivity index (χ1v) is 18.8. The van der Waals surface area contributed by atoms with Crippen molar-refractivity contribution in [3.05, 3.63) is 188 Å². The maximum atomic E-state index is 6.97. The summed E-state index contributed by atoms with van der Waals surface area (Å²) in [5.41, 5.74) is 9.58. The number of thiophene rings is 1. The van der Waals surface area contributed by atoms with Gasteiger partial charge in [0.15, 0.2) is 5.58 Å². The highest BCUT2D eigenvalue weighted by Gasteiger charge is 2.22. The number of rotatable bonds is 5. The molecule has 0 aliphatic carbocycles.